The normalized spacial score (nSPS) is 18.8. The summed E-state index contributed by atoms with van der Waals surface area (Å²) in [6.45, 7) is 3.61. The molecule has 3 atom stereocenters. The van der Waals surface area contributed by atoms with Crippen LogP contribution in [0.1, 0.15) is 24.2 Å². The molecule has 0 saturated heterocycles. The fraction of sp³-hybridized carbons (Fsp3) is 0.440. The lowest BCUT2D eigenvalue weighted by molar-refractivity contribution is 0.0389. The lowest BCUT2D eigenvalue weighted by Crippen LogP contribution is -2.50. The Morgan fingerprint density at radius 2 is 1.92 bits per heavy atom. The molecule has 0 radical (unpaired) electrons. The van der Waals surface area contributed by atoms with Crippen molar-refractivity contribution in [2.45, 2.75) is 26.0 Å². The Balaban J connectivity index is 1.97. The Labute approximate surface area is 217 Å². The van der Waals surface area contributed by atoms with Gasteiger partial charge in [-0.15, -0.1) is 0 Å². The standard InChI is InChI=1S/C25H34N4O7S/c1-16-13-29(17(2)15-30)24(31)20-7-6-8-21(23(20)36-22(16)14-28(3)37(5,33)34)27-25(32)26-18-9-11-19(35-4)12-10-18/h6-12,16-17,22,30H,13-15H2,1-5H3,(H2,26,27,32)/t16-,17+,22+/m1/s1. The summed E-state index contributed by atoms with van der Waals surface area (Å²) >= 11 is 0. The fourth-order valence-electron chi connectivity index (χ4n) is 3.91. The molecule has 0 aromatic heterocycles. The molecule has 0 aliphatic carbocycles. The highest BCUT2D eigenvalue weighted by Crippen LogP contribution is 2.35. The zero-order valence-corrected chi connectivity index (χ0v) is 22.4. The molecule has 1 aliphatic rings. The number of carbonyl (C=O) groups excluding carboxylic acids is 2. The zero-order chi connectivity index (χ0) is 27.3. The highest BCUT2D eigenvalue weighted by Gasteiger charge is 2.35. The van der Waals surface area contributed by atoms with E-state index < -0.39 is 28.2 Å². The molecule has 11 nitrogen and oxygen atoms in total. The average molecular weight is 535 g/mol. The van der Waals surface area contributed by atoms with Crippen LogP contribution in [0.15, 0.2) is 42.5 Å². The molecule has 0 fully saturated rings. The fourth-order valence-corrected chi connectivity index (χ4v) is 4.33. The molecule has 2 aromatic rings. The summed E-state index contributed by atoms with van der Waals surface area (Å²) < 4.78 is 36.8. The Kier molecular flexibility index (Phi) is 9.00. The van der Waals surface area contributed by atoms with Gasteiger partial charge in [-0.3, -0.25) is 4.79 Å². The van der Waals surface area contributed by atoms with Crippen LogP contribution in [0.25, 0.3) is 0 Å². The van der Waals surface area contributed by atoms with Gasteiger partial charge in [-0.1, -0.05) is 13.0 Å². The first-order chi connectivity index (χ1) is 17.4. The largest absolute Gasteiger partial charge is 0.497 e. The van der Waals surface area contributed by atoms with Gasteiger partial charge in [0.05, 0.1) is 43.8 Å². The number of anilines is 2. The third-order valence-electron chi connectivity index (χ3n) is 6.29. The number of likely N-dealkylation sites (N-methyl/N-ethyl adjacent to an activating group) is 1. The number of aliphatic hydroxyl groups excluding tert-OH is 1. The van der Waals surface area contributed by atoms with E-state index in [0.29, 0.717) is 11.4 Å². The number of aliphatic hydroxyl groups is 1. The van der Waals surface area contributed by atoms with Gasteiger partial charge in [-0.2, -0.15) is 0 Å². The summed E-state index contributed by atoms with van der Waals surface area (Å²) in [5.41, 5.74) is 0.967. The predicted molar refractivity (Wildman–Crippen MR) is 141 cm³/mol. The third-order valence-corrected chi connectivity index (χ3v) is 7.57. The van der Waals surface area contributed by atoms with Gasteiger partial charge < -0.3 is 30.1 Å². The maximum atomic E-state index is 13.5. The number of hydrogen-bond acceptors (Lipinski definition) is 7. The Hall–Kier alpha value is -3.35. The molecule has 202 valence electrons. The quantitative estimate of drug-likeness (QED) is 0.473. The maximum absolute atomic E-state index is 13.5. The van der Waals surface area contributed by atoms with E-state index in [1.165, 1.54) is 11.4 Å². The molecular weight excluding hydrogens is 500 g/mol. The Morgan fingerprint density at radius 3 is 2.51 bits per heavy atom. The van der Waals surface area contributed by atoms with E-state index in [9.17, 15) is 23.1 Å². The summed E-state index contributed by atoms with van der Waals surface area (Å²) in [7, 11) is -0.493. The van der Waals surface area contributed by atoms with Crippen LogP contribution in [0.2, 0.25) is 0 Å². The summed E-state index contributed by atoms with van der Waals surface area (Å²) in [6.07, 6.45) is 0.460. The van der Waals surface area contributed by atoms with Crippen LogP contribution in [0.3, 0.4) is 0 Å². The second kappa shape index (κ2) is 11.8. The third kappa shape index (κ3) is 6.90. The van der Waals surface area contributed by atoms with Crippen LogP contribution in [-0.2, 0) is 10.0 Å². The van der Waals surface area contributed by atoms with Crippen LogP contribution in [0.5, 0.6) is 11.5 Å². The number of benzene rings is 2. The van der Waals surface area contributed by atoms with Crippen molar-refractivity contribution in [2.24, 2.45) is 5.92 Å². The smallest absolute Gasteiger partial charge is 0.323 e. The molecule has 3 rings (SSSR count). The van der Waals surface area contributed by atoms with E-state index in [4.69, 9.17) is 9.47 Å². The topological polar surface area (TPSA) is 138 Å². The van der Waals surface area contributed by atoms with Gasteiger partial charge in [0, 0.05) is 25.2 Å². The van der Waals surface area contributed by atoms with Crippen LogP contribution < -0.4 is 20.1 Å². The first-order valence-electron chi connectivity index (χ1n) is 11.8. The van der Waals surface area contributed by atoms with E-state index in [0.717, 1.165) is 6.26 Å². The minimum Gasteiger partial charge on any atom is -0.497 e. The summed E-state index contributed by atoms with van der Waals surface area (Å²) in [5, 5.41) is 15.2. The predicted octanol–water partition coefficient (Wildman–Crippen LogP) is 2.45. The maximum Gasteiger partial charge on any atom is 0.323 e. The molecule has 1 heterocycles. The summed E-state index contributed by atoms with van der Waals surface area (Å²) in [6, 6.07) is 10.5. The first kappa shape index (κ1) is 28.2. The van der Waals surface area contributed by atoms with Crippen LogP contribution in [-0.4, -0.2) is 86.9 Å². The molecule has 2 aromatic carbocycles. The monoisotopic (exact) mass is 534 g/mol. The van der Waals surface area contributed by atoms with E-state index in [2.05, 4.69) is 10.6 Å². The molecule has 0 spiro atoms. The van der Waals surface area contributed by atoms with Crippen molar-refractivity contribution in [1.82, 2.24) is 9.21 Å². The number of para-hydroxylation sites is 1. The summed E-state index contributed by atoms with van der Waals surface area (Å²) in [4.78, 5) is 27.9. The van der Waals surface area contributed by atoms with Crippen molar-refractivity contribution in [2.75, 3.05) is 50.7 Å². The number of sulfonamides is 1. The molecular formula is C25H34N4O7S. The molecule has 3 amide bonds. The van der Waals surface area contributed by atoms with Gasteiger partial charge >= 0.3 is 6.03 Å². The highest BCUT2D eigenvalue weighted by atomic mass is 32.2. The highest BCUT2D eigenvalue weighted by molar-refractivity contribution is 7.88. The van der Waals surface area contributed by atoms with Crippen molar-refractivity contribution < 1.29 is 32.6 Å². The van der Waals surface area contributed by atoms with Crippen LogP contribution >= 0.6 is 0 Å². The lowest BCUT2D eigenvalue weighted by Gasteiger charge is -2.38. The number of methoxy groups -OCH3 is 1. The number of urea groups is 1. The molecule has 1 aliphatic heterocycles. The van der Waals surface area contributed by atoms with Crippen molar-refractivity contribution in [3.8, 4) is 11.5 Å². The van der Waals surface area contributed by atoms with Crippen molar-refractivity contribution in [3.05, 3.63) is 48.0 Å². The lowest BCUT2D eigenvalue weighted by atomic mass is 9.99. The molecule has 37 heavy (non-hydrogen) atoms. The van der Waals surface area contributed by atoms with Gasteiger partial charge in [0.15, 0.2) is 5.75 Å². The Bertz CT molecular complexity index is 1220. The number of rotatable bonds is 8. The zero-order valence-electron chi connectivity index (χ0n) is 21.6. The molecule has 12 heteroatoms. The number of nitrogens with one attached hydrogen (secondary N) is 2. The van der Waals surface area contributed by atoms with Crippen molar-refractivity contribution >= 4 is 33.3 Å². The van der Waals surface area contributed by atoms with Crippen molar-refractivity contribution in [1.29, 1.82) is 0 Å². The van der Waals surface area contributed by atoms with Gasteiger partial charge in [-0.05, 0) is 43.3 Å². The molecule has 0 unspecified atom stereocenters. The minimum atomic E-state index is -3.49. The number of hydrogen-bond donors (Lipinski definition) is 3. The van der Waals surface area contributed by atoms with Gasteiger partial charge in [0.1, 0.15) is 11.9 Å². The summed E-state index contributed by atoms with van der Waals surface area (Å²) in [5.74, 6) is 0.114. The van der Waals surface area contributed by atoms with E-state index in [-0.39, 0.29) is 48.5 Å². The van der Waals surface area contributed by atoms with Crippen LogP contribution in [0.4, 0.5) is 16.2 Å². The van der Waals surface area contributed by atoms with E-state index in [1.54, 1.807) is 61.4 Å². The molecule has 0 saturated carbocycles. The average Bonchev–Trinajstić information content (AvgIpc) is 2.85. The number of carbonyl (C=O) groups is 2. The molecule has 0 bridgehead atoms. The van der Waals surface area contributed by atoms with Crippen molar-refractivity contribution in [3.63, 3.8) is 0 Å². The van der Waals surface area contributed by atoms with Gasteiger partial charge in [0.25, 0.3) is 5.91 Å². The van der Waals surface area contributed by atoms with Gasteiger partial charge in [-0.25, -0.2) is 17.5 Å². The SMILES string of the molecule is COc1ccc(NC(=O)Nc2cccc3c2O[C@@H](CN(C)S(C)(=O)=O)[C@H](C)CN([C@@H](C)CO)C3=O)cc1. The second-order valence-electron chi connectivity index (χ2n) is 9.16. The number of nitrogens with zero attached hydrogens (tertiary/aromatic N) is 2. The number of amides is 3. The van der Waals surface area contributed by atoms with E-state index in [1.807, 2.05) is 6.92 Å². The molecule has 3 N–H and O–H groups in total. The number of ether oxygens (including phenoxy) is 2. The second-order valence-corrected chi connectivity index (χ2v) is 11.2. The Morgan fingerprint density at radius 1 is 1.24 bits per heavy atom. The van der Waals surface area contributed by atoms with Crippen LogP contribution in [0, 0.1) is 5.92 Å². The first-order valence-corrected chi connectivity index (χ1v) is 13.6. The van der Waals surface area contributed by atoms with Gasteiger partial charge in [0.2, 0.25) is 10.0 Å². The number of fused-ring (bicyclic) bond motifs is 1. The van der Waals surface area contributed by atoms with E-state index >= 15 is 0 Å². The minimum absolute atomic E-state index is 0.0291.